The molecule has 2 atom stereocenters. The van der Waals surface area contributed by atoms with E-state index >= 15 is 0 Å². The van der Waals surface area contributed by atoms with Gasteiger partial charge in [0.25, 0.3) is 0 Å². The fourth-order valence-corrected chi connectivity index (χ4v) is 2.74. The first-order valence-electron chi connectivity index (χ1n) is 7.17. The van der Waals surface area contributed by atoms with E-state index in [-0.39, 0.29) is 31.0 Å². The zero-order valence-electron chi connectivity index (χ0n) is 12.7. The van der Waals surface area contributed by atoms with Crippen LogP contribution < -0.4 is 0 Å². The molecule has 0 aliphatic carbocycles. The third-order valence-electron chi connectivity index (χ3n) is 3.76. The van der Waals surface area contributed by atoms with Gasteiger partial charge in [-0.05, 0) is 27.2 Å². The van der Waals surface area contributed by atoms with Gasteiger partial charge in [-0.25, -0.2) is 4.79 Å². The molecule has 0 aromatic rings. The van der Waals surface area contributed by atoms with Crippen LogP contribution >= 0.6 is 0 Å². The van der Waals surface area contributed by atoms with Gasteiger partial charge in [-0.1, -0.05) is 0 Å². The lowest BCUT2D eigenvalue weighted by molar-refractivity contribution is -0.141. The van der Waals surface area contributed by atoms with E-state index in [1.54, 1.807) is 30.6 Å². The molecule has 0 saturated carbocycles. The predicted octanol–water partition coefficient (Wildman–Crippen LogP) is 0.929. The minimum absolute atomic E-state index is 0.0538. The van der Waals surface area contributed by atoms with Gasteiger partial charge in [-0.15, -0.1) is 0 Å². The summed E-state index contributed by atoms with van der Waals surface area (Å²) >= 11 is 0. The fraction of sp³-hybridized carbons (Fsp3) is 0.786. The number of hydrogen-bond acceptors (Lipinski definition) is 4. The molecule has 1 unspecified atom stereocenters. The predicted molar refractivity (Wildman–Crippen MR) is 73.7 cm³/mol. The molecule has 2 aliphatic heterocycles. The topological polar surface area (TPSA) is 87.2 Å². The van der Waals surface area contributed by atoms with Crippen molar-refractivity contribution >= 4 is 18.0 Å². The Morgan fingerprint density at radius 1 is 1.29 bits per heavy atom. The third kappa shape index (κ3) is 3.65. The highest BCUT2D eigenvalue weighted by Crippen LogP contribution is 2.26. The minimum Gasteiger partial charge on any atom is -0.481 e. The van der Waals surface area contributed by atoms with Crippen LogP contribution in [-0.2, 0) is 14.3 Å². The molecular weight excluding hydrogens is 276 g/mol. The maximum Gasteiger partial charge on any atom is 0.410 e. The Morgan fingerprint density at radius 3 is 2.48 bits per heavy atom. The smallest absolute Gasteiger partial charge is 0.410 e. The molecular formula is C14H22N2O5. The van der Waals surface area contributed by atoms with Crippen LogP contribution in [0.2, 0.25) is 0 Å². The lowest BCUT2D eigenvalue weighted by Gasteiger charge is -2.26. The van der Waals surface area contributed by atoms with Crippen molar-refractivity contribution in [2.24, 2.45) is 5.92 Å². The van der Waals surface area contributed by atoms with Crippen molar-refractivity contribution in [2.75, 3.05) is 19.6 Å². The lowest BCUT2D eigenvalue weighted by atomic mass is 10.1. The summed E-state index contributed by atoms with van der Waals surface area (Å²) in [5.74, 6) is -1.71. The molecule has 1 N–H and O–H groups in total. The Kier molecular flexibility index (Phi) is 4.11. The molecule has 7 nitrogen and oxygen atoms in total. The van der Waals surface area contributed by atoms with Crippen LogP contribution in [0.1, 0.15) is 33.6 Å². The van der Waals surface area contributed by atoms with E-state index in [0.717, 1.165) is 0 Å². The van der Waals surface area contributed by atoms with E-state index in [9.17, 15) is 14.4 Å². The molecule has 0 radical (unpaired) electrons. The maximum absolute atomic E-state index is 12.0. The van der Waals surface area contributed by atoms with E-state index in [4.69, 9.17) is 9.84 Å². The van der Waals surface area contributed by atoms with Crippen LogP contribution in [0.3, 0.4) is 0 Å². The number of carbonyl (C=O) groups is 3. The van der Waals surface area contributed by atoms with Crippen LogP contribution in [0.25, 0.3) is 0 Å². The largest absolute Gasteiger partial charge is 0.481 e. The first-order valence-corrected chi connectivity index (χ1v) is 7.17. The van der Waals surface area contributed by atoms with Crippen LogP contribution in [0.4, 0.5) is 4.79 Å². The molecule has 0 spiro atoms. The van der Waals surface area contributed by atoms with Gasteiger partial charge in [0.05, 0.1) is 12.0 Å². The van der Waals surface area contributed by atoms with Gasteiger partial charge >= 0.3 is 12.1 Å². The summed E-state index contributed by atoms with van der Waals surface area (Å²) in [6.07, 6.45) is 0.335. The SMILES string of the molecule is CC(C)(C)OC(=O)N1CC[C@@H](N2CC(C(=O)O)CC2=O)C1. The lowest BCUT2D eigenvalue weighted by Crippen LogP contribution is -2.41. The normalized spacial score (nSPS) is 26.3. The van der Waals surface area contributed by atoms with Crippen molar-refractivity contribution in [2.45, 2.75) is 45.3 Å². The number of nitrogens with zero attached hydrogens (tertiary/aromatic N) is 2. The molecule has 2 heterocycles. The van der Waals surface area contributed by atoms with Gasteiger partial charge in [0.15, 0.2) is 0 Å². The maximum atomic E-state index is 12.0. The Balaban J connectivity index is 1.92. The van der Waals surface area contributed by atoms with E-state index in [1.165, 1.54) is 0 Å². The summed E-state index contributed by atoms with van der Waals surface area (Å²) in [7, 11) is 0. The summed E-state index contributed by atoms with van der Waals surface area (Å²) in [5.41, 5.74) is -0.549. The summed E-state index contributed by atoms with van der Waals surface area (Å²) < 4.78 is 5.31. The van der Waals surface area contributed by atoms with Crippen molar-refractivity contribution in [1.82, 2.24) is 9.80 Å². The number of carboxylic acids is 1. The monoisotopic (exact) mass is 298 g/mol. The number of rotatable bonds is 2. The van der Waals surface area contributed by atoms with Crippen LogP contribution in [0, 0.1) is 5.92 Å². The van der Waals surface area contributed by atoms with Gasteiger partial charge < -0.3 is 19.6 Å². The van der Waals surface area contributed by atoms with Crippen LogP contribution in [-0.4, -0.2) is 64.2 Å². The fourth-order valence-electron chi connectivity index (χ4n) is 2.74. The highest BCUT2D eigenvalue weighted by molar-refractivity contribution is 5.86. The summed E-state index contributed by atoms with van der Waals surface area (Å²) in [6.45, 7) is 6.59. The molecule has 2 amide bonds. The first-order chi connectivity index (χ1) is 9.67. The Bertz CT molecular complexity index is 457. The van der Waals surface area contributed by atoms with Crippen molar-refractivity contribution in [3.05, 3.63) is 0 Å². The molecule has 2 aliphatic rings. The highest BCUT2D eigenvalue weighted by atomic mass is 16.6. The number of likely N-dealkylation sites (tertiary alicyclic amines) is 2. The van der Waals surface area contributed by atoms with Gasteiger partial charge in [-0.2, -0.15) is 0 Å². The zero-order chi connectivity index (χ0) is 15.8. The number of carbonyl (C=O) groups excluding carboxylic acids is 2. The van der Waals surface area contributed by atoms with Gasteiger partial charge in [-0.3, -0.25) is 9.59 Å². The summed E-state index contributed by atoms with van der Waals surface area (Å²) in [5, 5.41) is 9.00. The van der Waals surface area contributed by atoms with Crippen molar-refractivity contribution in [3.63, 3.8) is 0 Å². The number of carboxylic acid groups (broad SMARTS) is 1. The third-order valence-corrected chi connectivity index (χ3v) is 3.76. The Labute approximate surface area is 123 Å². The molecule has 7 heteroatoms. The second kappa shape index (κ2) is 5.54. The van der Waals surface area contributed by atoms with E-state index < -0.39 is 17.5 Å². The molecule has 0 aromatic carbocycles. The quantitative estimate of drug-likeness (QED) is 0.819. The highest BCUT2D eigenvalue weighted by Gasteiger charge is 2.41. The molecule has 2 saturated heterocycles. The molecule has 2 rings (SSSR count). The Morgan fingerprint density at radius 2 is 1.95 bits per heavy atom. The van der Waals surface area contributed by atoms with Crippen LogP contribution in [0.5, 0.6) is 0 Å². The molecule has 118 valence electrons. The number of hydrogen-bond donors (Lipinski definition) is 1. The van der Waals surface area contributed by atoms with Gasteiger partial charge in [0, 0.05) is 26.1 Å². The molecule has 0 aromatic heterocycles. The van der Waals surface area contributed by atoms with Crippen molar-refractivity contribution < 1.29 is 24.2 Å². The number of aliphatic carboxylic acids is 1. The number of amides is 2. The first kappa shape index (κ1) is 15.6. The average Bonchev–Trinajstić information content (AvgIpc) is 2.92. The van der Waals surface area contributed by atoms with Gasteiger partial charge in [0.1, 0.15) is 5.60 Å². The number of ether oxygens (including phenoxy) is 1. The zero-order valence-corrected chi connectivity index (χ0v) is 12.7. The Hall–Kier alpha value is -1.79. The van der Waals surface area contributed by atoms with Crippen molar-refractivity contribution in [1.29, 1.82) is 0 Å². The molecule has 2 fully saturated rings. The van der Waals surface area contributed by atoms with E-state index in [0.29, 0.717) is 19.5 Å². The summed E-state index contributed by atoms with van der Waals surface area (Å²) in [4.78, 5) is 38.0. The van der Waals surface area contributed by atoms with Crippen molar-refractivity contribution in [3.8, 4) is 0 Å². The second-order valence-corrected chi connectivity index (χ2v) is 6.65. The second-order valence-electron chi connectivity index (χ2n) is 6.65. The van der Waals surface area contributed by atoms with Gasteiger partial charge in [0.2, 0.25) is 5.91 Å². The summed E-state index contributed by atoms with van der Waals surface area (Å²) in [6, 6.07) is -0.102. The molecule has 0 bridgehead atoms. The standard InChI is InChI=1S/C14H22N2O5/c1-14(2,3)21-13(20)15-5-4-10(8-15)16-7-9(12(18)19)6-11(16)17/h9-10H,4-8H2,1-3H3,(H,18,19)/t9?,10-/m1/s1. The minimum atomic E-state index is -0.937. The van der Waals surface area contributed by atoms with E-state index in [2.05, 4.69) is 0 Å². The van der Waals surface area contributed by atoms with E-state index in [1.807, 2.05) is 0 Å². The van der Waals surface area contributed by atoms with Crippen LogP contribution in [0.15, 0.2) is 0 Å². The average molecular weight is 298 g/mol. The molecule has 21 heavy (non-hydrogen) atoms.